The van der Waals surface area contributed by atoms with E-state index < -0.39 is 0 Å². The van der Waals surface area contributed by atoms with E-state index in [0.717, 1.165) is 11.1 Å². The zero-order valence-corrected chi connectivity index (χ0v) is 6.11. The summed E-state index contributed by atoms with van der Waals surface area (Å²) in [7, 11) is 0. The number of hydrogen-bond donors (Lipinski definition) is 1. The van der Waals surface area contributed by atoms with Crippen LogP contribution < -0.4 is 5.73 Å². The fraction of sp³-hybridized carbons (Fsp3) is 0.250. The number of nitrogen functional groups attached to an aromatic ring is 1. The third-order valence-corrected chi connectivity index (χ3v) is 1.48. The lowest BCUT2D eigenvalue weighted by Crippen LogP contribution is -1.94. The van der Waals surface area contributed by atoms with Crippen LogP contribution in [0.3, 0.4) is 0 Å². The van der Waals surface area contributed by atoms with Gasteiger partial charge in [0.05, 0.1) is 5.69 Å². The lowest BCUT2D eigenvalue weighted by molar-refractivity contribution is 0.630. The van der Waals surface area contributed by atoms with Gasteiger partial charge in [-0.05, 0) is 31.0 Å². The average Bonchev–Trinajstić information content (AvgIpc) is 1.82. The Kier molecular flexibility index (Phi) is 1.62. The smallest absolute Gasteiger partial charge is 0.146 e. The fourth-order valence-electron chi connectivity index (χ4n) is 0.927. The van der Waals surface area contributed by atoms with E-state index in [-0.39, 0.29) is 11.5 Å². The van der Waals surface area contributed by atoms with E-state index in [1.54, 1.807) is 6.92 Å². The van der Waals surface area contributed by atoms with Crippen LogP contribution in [0.15, 0.2) is 12.1 Å². The first-order chi connectivity index (χ1) is 4.61. The molecule has 0 unspecified atom stereocenters. The summed E-state index contributed by atoms with van der Waals surface area (Å²) in [5, 5.41) is 0. The number of nitrogens with two attached hydrogens (primary N) is 1. The van der Waals surface area contributed by atoms with Crippen LogP contribution in [-0.4, -0.2) is 0 Å². The van der Waals surface area contributed by atoms with E-state index in [0.29, 0.717) is 0 Å². The average molecular weight is 139 g/mol. The van der Waals surface area contributed by atoms with Crippen LogP contribution in [0.25, 0.3) is 0 Å². The summed E-state index contributed by atoms with van der Waals surface area (Å²) in [6, 6.07) is 3.29. The Hall–Kier alpha value is -1.05. The lowest BCUT2D eigenvalue weighted by Gasteiger charge is -2.01. The Labute approximate surface area is 59.7 Å². The molecule has 0 aliphatic rings. The van der Waals surface area contributed by atoms with E-state index in [2.05, 4.69) is 0 Å². The lowest BCUT2D eigenvalue weighted by atomic mass is 10.1. The molecule has 10 heavy (non-hydrogen) atoms. The van der Waals surface area contributed by atoms with Crippen LogP contribution in [0, 0.1) is 19.7 Å². The molecule has 2 heteroatoms. The minimum absolute atomic E-state index is 0.255. The number of benzene rings is 1. The molecule has 2 N–H and O–H groups in total. The Morgan fingerprint density at radius 1 is 1.30 bits per heavy atom. The maximum atomic E-state index is 12.7. The van der Waals surface area contributed by atoms with Crippen molar-refractivity contribution in [2.24, 2.45) is 0 Å². The van der Waals surface area contributed by atoms with Gasteiger partial charge in [-0.2, -0.15) is 0 Å². The van der Waals surface area contributed by atoms with Crippen molar-refractivity contribution in [2.75, 3.05) is 5.73 Å². The molecule has 0 saturated carbocycles. The molecule has 0 spiro atoms. The molecule has 0 amide bonds. The van der Waals surface area contributed by atoms with Crippen molar-refractivity contribution in [3.05, 3.63) is 29.1 Å². The third-order valence-electron chi connectivity index (χ3n) is 1.48. The van der Waals surface area contributed by atoms with Crippen molar-refractivity contribution in [1.29, 1.82) is 0 Å². The molecule has 0 aliphatic heterocycles. The van der Waals surface area contributed by atoms with Gasteiger partial charge in [-0.3, -0.25) is 0 Å². The van der Waals surface area contributed by atoms with Gasteiger partial charge in [0.15, 0.2) is 0 Å². The molecular formula is C8H10FN. The predicted octanol–water partition coefficient (Wildman–Crippen LogP) is 2.02. The second-order valence-corrected chi connectivity index (χ2v) is 2.48. The van der Waals surface area contributed by atoms with E-state index in [4.69, 9.17) is 5.73 Å². The monoisotopic (exact) mass is 139 g/mol. The van der Waals surface area contributed by atoms with Crippen LogP contribution >= 0.6 is 0 Å². The van der Waals surface area contributed by atoms with E-state index in [1.807, 2.05) is 13.0 Å². The summed E-state index contributed by atoms with van der Waals surface area (Å²) in [4.78, 5) is 0. The largest absolute Gasteiger partial charge is 0.396 e. The molecule has 54 valence electrons. The van der Waals surface area contributed by atoms with Gasteiger partial charge in [0.25, 0.3) is 0 Å². The molecule has 0 radical (unpaired) electrons. The molecule has 0 bridgehead atoms. The molecule has 0 atom stereocenters. The first-order valence-corrected chi connectivity index (χ1v) is 3.13. The number of hydrogen-bond acceptors (Lipinski definition) is 1. The molecule has 1 aromatic rings. The fourth-order valence-corrected chi connectivity index (χ4v) is 0.927. The Bertz CT molecular complexity index is 232. The minimum atomic E-state index is -0.322. The van der Waals surface area contributed by atoms with Gasteiger partial charge in [0, 0.05) is 0 Å². The molecule has 1 nitrogen and oxygen atoms in total. The number of anilines is 1. The normalized spacial score (nSPS) is 9.90. The Balaban J connectivity index is 3.31. The van der Waals surface area contributed by atoms with Gasteiger partial charge in [-0.1, -0.05) is 6.07 Å². The molecular weight excluding hydrogens is 129 g/mol. The summed E-state index contributed by atoms with van der Waals surface area (Å²) in [5.74, 6) is -0.322. The van der Waals surface area contributed by atoms with Crippen molar-refractivity contribution >= 4 is 5.69 Å². The first-order valence-electron chi connectivity index (χ1n) is 3.13. The molecule has 0 aromatic heterocycles. The molecule has 1 aromatic carbocycles. The maximum absolute atomic E-state index is 12.7. The van der Waals surface area contributed by atoms with Crippen LogP contribution in [0.4, 0.5) is 10.1 Å². The zero-order valence-electron chi connectivity index (χ0n) is 6.11. The number of aryl methyl sites for hydroxylation is 2. The van der Waals surface area contributed by atoms with E-state index in [9.17, 15) is 4.39 Å². The van der Waals surface area contributed by atoms with Crippen molar-refractivity contribution in [3.63, 3.8) is 0 Å². The number of rotatable bonds is 0. The van der Waals surface area contributed by atoms with Crippen LogP contribution in [0.5, 0.6) is 0 Å². The standard InChI is InChI=1S/C8H10FN/c1-5-3-6(2)8(10)7(9)4-5/h3-4H,10H2,1-2H3. The first kappa shape index (κ1) is 7.06. The van der Waals surface area contributed by atoms with Gasteiger partial charge in [-0.15, -0.1) is 0 Å². The summed E-state index contributed by atoms with van der Waals surface area (Å²) >= 11 is 0. The molecule has 0 aliphatic carbocycles. The molecule has 0 saturated heterocycles. The maximum Gasteiger partial charge on any atom is 0.146 e. The highest BCUT2D eigenvalue weighted by Crippen LogP contribution is 2.16. The Morgan fingerprint density at radius 3 is 2.40 bits per heavy atom. The summed E-state index contributed by atoms with van der Waals surface area (Å²) in [5.41, 5.74) is 7.34. The molecule has 0 heterocycles. The predicted molar refractivity (Wildman–Crippen MR) is 40.3 cm³/mol. The molecule has 1 rings (SSSR count). The molecule has 0 fully saturated rings. The summed E-state index contributed by atoms with van der Waals surface area (Å²) in [6.07, 6.45) is 0. The highest BCUT2D eigenvalue weighted by Gasteiger charge is 2.00. The topological polar surface area (TPSA) is 26.0 Å². The SMILES string of the molecule is Cc1cc(C)c(N)c(F)c1. The quantitative estimate of drug-likeness (QED) is 0.547. The van der Waals surface area contributed by atoms with Gasteiger partial charge < -0.3 is 5.73 Å². The summed E-state index contributed by atoms with van der Waals surface area (Å²) < 4.78 is 12.7. The van der Waals surface area contributed by atoms with Gasteiger partial charge in [-0.25, -0.2) is 4.39 Å². The van der Waals surface area contributed by atoms with Gasteiger partial charge in [0.1, 0.15) is 5.82 Å². The van der Waals surface area contributed by atoms with Crippen LogP contribution in [0.2, 0.25) is 0 Å². The van der Waals surface area contributed by atoms with Crippen LogP contribution in [0.1, 0.15) is 11.1 Å². The van der Waals surface area contributed by atoms with Gasteiger partial charge in [0.2, 0.25) is 0 Å². The van der Waals surface area contributed by atoms with Crippen molar-refractivity contribution in [3.8, 4) is 0 Å². The van der Waals surface area contributed by atoms with Gasteiger partial charge >= 0.3 is 0 Å². The summed E-state index contributed by atoms with van der Waals surface area (Å²) in [6.45, 7) is 3.64. The van der Waals surface area contributed by atoms with E-state index in [1.165, 1.54) is 6.07 Å². The van der Waals surface area contributed by atoms with E-state index >= 15 is 0 Å². The van der Waals surface area contributed by atoms with Crippen molar-refractivity contribution in [2.45, 2.75) is 13.8 Å². The van der Waals surface area contributed by atoms with Crippen LogP contribution in [-0.2, 0) is 0 Å². The highest BCUT2D eigenvalue weighted by molar-refractivity contribution is 5.48. The minimum Gasteiger partial charge on any atom is -0.396 e. The number of halogens is 1. The second kappa shape index (κ2) is 2.29. The second-order valence-electron chi connectivity index (χ2n) is 2.48. The third kappa shape index (κ3) is 1.10. The Morgan fingerprint density at radius 2 is 1.90 bits per heavy atom. The van der Waals surface area contributed by atoms with Crippen molar-refractivity contribution in [1.82, 2.24) is 0 Å². The highest BCUT2D eigenvalue weighted by atomic mass is 19.1. The zero-order chi connectivity index (χ0) is 7.72. The van der Waals surface area contributed by atoms with Crippen molar-refractivity contribution < 1.29 is 4.39 Å².